The molecule has 0 saturated heterocycles. The summed E-state index contributed by atoms with van der Waals surface area (Å²) in [4.78, 5) is 23.1. The maximum atomic E-state index is 12.4. The second-order valence-electron chi connectivity index (χ2n) is 9.12. The molecule has 4 N–H and O–H groups in total. The molecule has 0 spiro atoms. The SMILES string of the molecule is NSc1ccc(CNc2nc(-c3ccccc3)cn3c(-c4ccc(C(=O)NC5CC5)cc4)cnc23)cc1. The van der Waals surface area contributed by atoms with Crippen molar-refractivity contribution in [1.82, 2.24) is 19.7 Å². The van der Waals surface area contributed by atoms with Crippen molar-refractivity contribution in [2.75, 3.05) is 5.32 Å². The fourth-order valence-electron chi connectivity index (χ4n) is 4.23. The summed E-state index contributed by atoms with van der Waals surface area (Å²) in [6, 6.07) is 26.2. The molecular formula is C29H26N6OS. The zero-order valence-corrected chi connectivity index (χ0v) is 20.9. The number of nitrogens with two attached hydrogens (primary N) is 1. The molecule has 0 aliphatic heterocycles. The summed E-state index contributed by atoms with van der Waals surface area (Å²) in [5, 5.41) is 12.2. The minimum absolute atomic E-state index is 0.0210. The molecule has 0 atom stereocenters. The molecule has 0 unspecified atom stereocenters. The lowest BCUT2D eigenvalue weighted by Gasteiger charge is -2.12. The Labute approximate surface area is 219 Å². The normalized spacial score (nSPS) is 13.0. The van der Waals surface area contributed by atoms with Crippen molar-refractivity contribution in [2.45, 2.75) is 30.3 Å². The maximum Gasteiger partial charge on any atom is 0.251 e. The van der Waals surface area contributed by atoms with Crippen molar-refractivity contribution in [3.8, 4) is 22.5 Å². The van der Waals surface area contributed by atoms with Gasteiger partial charge in [-0.05, 0) is 54.6 Å². The monoisotopic (exact) mass is 506 g/mol. The number of carbonyl (C=O) groups excluding carboxylic acids is 1. The first-order valence-electron chi connectivity index (χ1n) is 12.2. The van der Waals surface area contributed by atoms with Crippen LogP contribution in [-0.2, 0) is 6.54 Å². The second-order valence-corrected chi connectivity index (χ2v) is 9.83. The van der Waals surface area contributed by atoms with Gasteiger partial charge in [0.15, 0.2) is 11.5 Å². The van der Waals surface area contributed by atoms with E-state index in [1.807, 2.05) is 79.1 Å². The van der Waals surface area contributed by atoms with Gasteiger partial charge in [-0.2, -0.15) is 0 Å². The molecule has 0 radical (unpaired) electrons. The zero-order chi connectivity index (χ0) is 25.2. The minimum Gasteiger partial charge on any atom is -0.363 e. The Hall–Kier alpha value is -4.14. The fourth-order valence-corrected chi connectivity index (χ4v) is 4.52. The number of imidazole rings is 1. The number of hydrogen-bond donors (Lipinski definition) is 3. The number of benzene rings is 3. The summed E-state index contributed by atoms with van der Waals surface area (Å²) in [5.74, 6) is 0.678. The third-order valence-corrected chi connectivity index (χ3v) is 6.98. The van der Waals surface area contributed by atoms with Crippen LogP contribution < -0.4 is 15.8 Å². The van der Waals surface area contributed by atoms with Crippen LogP contribution in [-0.4, -0.2) is 26.3 Å². The van der Waals surface area contributed by atoms with Gasteiger partial charge in [-0.25, -0.2) is 9.97 Å². The highest BCUT2D eigenvalue weighted by molar-refractivity contribution is 7.97. The van der Waals surface area contributed by atoms with E-state index < -0.39 is 0 Å². The van der Waals surface area contributed by atoms with Gasteiger partial charge in [-0.3, -0.25) is 14.3 Å². The summed E-state index contributed by atoms with van der Waals surface area (Å²) >= 11 is 1.23. The number of nitrogens with one attached hydrogen (secondary N) is 2. The number of amides is 1. The lowest BCUT2D eigenvalue weighted by molar-refractivity contribution is 0.0951. The highest BCUT2D eigenvalue weighted by Crippen LogP contribution is 2.28. The first-order chi connectivity index (χ1) is 18.2. The Morgan fingerprint density at radius 1 is 0.973 bits per heavy atom. The maximum absolute atomic E-state index is 12.4. The Morgan fingerprint density at radius 3 is 2.43 bits per heavy atom. The molecule has 1 fully saturated rings. The van der Waals surface area contributed by atoms with Crippen LogP contribution in [0.5, 0.6) is 0 Å². The van der Waals surface area contributed by atoms with Gasteiger partial charge in [0.25, 0.3) is 5.91 Å². The summed E-state index contributed by atoms with van der Waals surface area (Å²) in [6.07, 6.45) is 6.00. The molecule has 5 aromatic rings. The average Bonchev–Trinajstić information content (AvgIpc) is 3.67. The molecule has 7 nitrogen and oxygen atoms in total. The highest BCUT2D eigenvalue weighted by atomic mass is 32.2. The van der Waals surface area contributed by atoms with Crippen LogP contribution in [0, 0.1) is 0 Å². The van der Waals surface area contributed by atoms with Crippen LogP contribution in [0.4, 0.5) is 5.82 Å². The summed E-state index contributed by atoms with van der Waals surface area (Å²) in [6.45, 7) is 0.601. The third kappa shape index (κ3) is 5.07. The number of fused-ring (bicyclic) bond motifs is 1. The summed E-state index contributed by atoms with van der Waals surface area (Å²) < 4.78 is 2.06. The number of carbonyl (C=O) groups is 1. The molecule has 6 rings (SSSR count). The number of nitrogens with zero attached hydrogens (tertiary/aromatic N) is 3. The molecule has 0 bridgehead atoms. The Bertz CT molecular complexity index is 1540. The van der Waals surface area contributed by atoms with Gasteiger partial charge in [-0.1, -0.05) is 54.6 Å². The molecule has 184 valence electrons. The van der Waals surface area contributed by atoms with Gasteiger partial charge >= 0.3 is 0 Å². The van der Waals surface area contributed by atoms with Crippen LogP contribution in [0.15, 0.2) is 96.2 Å². The molecular weight excluding hydrogens is 480 g/mol. The lowest BCUT2D eigenvalue weighted by Crippen LogP contribution is -2.25. The number of anilines is 1. The van der Waals surface area contributed by atoms with E-state index in [1.54, 1.807) is 0 Å². The van der Waals surface area contributed by atoms with Gasteiger partial charge in [-0.15, -0.1) is 0 Å². The van der Waals surface area contributed by atoms with Crippen LogP contribution >= 0.6 is 11.9 Å². The first-order valence-corrected chi connectivity index (χ1v) is 13.1. The van der Waals surface area contributed by atoms with Crippen LogP contribution in [0.1, 0.15) is 28.8 Å². The van der Waals surface area contributed by atoms with Gasteiger partial charge in [0.1, 0.15) is 0 Å². The fraction of sp³-hybridized carbons (Fsp3) is 0.138. The topological polar surface area (TPSA) is 97.3 Å². The molecule has 1 aliphatic rings. The van der Waals surface area contributed by atoms with E-state index in [1.165, 1.54) is 11.9 Å². The Morgan fingerprint density at radius 2 is 1.73 bits per heavy atom. The van der Waals surface area contributed by atoms with E-state index in [0.29, 0.717) is 24.0 Å². The molecule has 1 aliphatic carbocycles. The van der Waals surface area contributed by atoms with E-state index in [4.69, 9.17) is 15.1 Å². The van der Waals surface area contributed by atoms with Crippen molar-refractivity contribution in [3.05, 3.63) is 102 Å². The highest BCUT2D eigenvalue weighted by Gasteiger charge is 2.23. The van der Waals surface area contributed by atoms with E-state index in [-0.39, 0.29) is 5.91 Å². The van der Waals surface area contributed by atoms with E-state index in [0.717, 1.165) is 51.5 Å². The molecule has 2 aromatic heterocycles. The second kappa shape index (κ2) is 10.1. The molecule has 37 heavy (non-hydrogen) atoms. The van der Waals surface area contributed by atoms with Gasteiger partial charge in [0.2, 0.25) is 0 Å². The standard InChI is InChI=1S/C29H26N6OS/c30-37-24-14-6-19(7-15-24)16-31-27-28-32-17-26(35(28)18-25(34-27)20-4-2-1-3-5-20)21-8-10-22(11-9-21)29(36)33-23-12-13-23/h1-11,14-15,17-18,23H,12-13,16,30H2,(H,31,34)(H,33,36). The summed E-state index contributed by atoms with van der Waals surface area (Å²) in [7, 11) is 0. The van der Waals surface area contributed by atoms with Gasteiger partial charge < -0.3 is 10.6 Å². The predicted molar refractivity (Wildman–Crippen MR) is 148 cm³/mol. The quantitative estimate of drug-likeness (QED) is 0.239. The Kier molecular flexibility index (Phi) is 6.34. The van der Waals surface area contributed by atoms with Gasteiger partial charge in [0, 0.05) is 40.4 Å². The number of aromatic nitrogens is 3. The predicted octanol–water partition coefficient (Wildman–Crippen LogP) is 5.53. The van der Waals surface area contributed by atoms with E-state index >= 15 is 0 Å². The molecule has 3 aromatic carbocycles. The molecule has 1 saturated carbocycles. The molecule has 2 heterocycles. The number of hydrogen-bond acceptors (Lipinski definition) is 6. The summed E-state index contributed by atoms with van der Waals surface area (Å²) in [5.41, 5.74) is 6.28. The zero-order valence-electron chi connectivity index (χ0n) is 20.1. The van der Waals surface area contributed by atoms with Crippen LogP contribution in [0.2, 0.25) is 0 Å². The average molecular weight is 507 g/mol. The number of rotatable bonds is 8. The first kappa shape index (κ1) is 23.3. The van der Waals surface area contributed by atoms with Crippen molar-refractivity contribution >= 4 is 29.3 Å². The molecule has 1 amide bonds. The van der Waals surface area contributed by atoms with E-state index in [9.17, 15) is 4.79 Å². The van der Waals surface area contributed by atoms with Gasteiger partial charge in [0.05, 0.1) is 17.6 Å². The third-order valence-electron chi connectivity index (χ3n) is 6.44. The minimum atomic E-state index is -0.0210. The smallest absolute Gasteiger partial charge is 0.251 e. The molecule has 8 heteroatoms. The lowest BCUT2D eigenvalue weighted by atomic mass is 10.1. The van der Waals surface area contributed by atoms with Crippen molar-refractivity contribution in [2.24, 2.45) is 5.14 Å². The van der Waals surface area contributed by atoms with Crippen molar-refractivity contribution < 1.29 is 4.79 Å². The van der Waals surface area contributed by atoms with Crippen molar-refractivity contribution in [3.63, 3.8) is 0 Å². The van der Waals surface area contributed by atoms with Crippen LogP contribution in [0.25, 0.3) is 28.2 Å². The largest absolute Gasteiger partial charge is 0.363 e. The van der Waals surface area contributed by atoms with Crippen molar-refractivity contribution in [1.29, 1.82) is 0 Å². The Balaban J connectivity index is 1.35. The van der Waals surface area contributed by atoms with E-state index in [2.05, 4.69) is 27.2 Å². The van der Waals surface area contributed by atoms with Crippen LogP contribution in [0.3, 0.4) is 0 Å².